The topological polar surface area (TPSA) is 69.4 Å². The first-order chi connectivity index (χ1) is 16.6. The van der Waals surface area contributed by atoms with Crippen LogP contribution in [0, 0.1) is 0 Å². The molecule has 0 spiro atoms. The Morgan fingerprint density at radius 3 is 2.53 bits per heavy atom. The third-order valence-corrected chi connectivity index (χ3v) is 6.89. The van der Waals surface area contributed by atoms with Crippen LogP contribution < -0.4 is 10.4 Å². The third-order valence-electron chi connectivity index (χ3n) is 5.79. The van der Waals surface area contributed by atoms with Gasteiger partial charge >= 0.3 is 5.63 Å². The van der Waals surface area contributed by atoms with Gasteiger partial charge in [-0.3, -0.25) is 9.78 Å². The summed E-state index contributed by atoms with van der Waals surface area (Å²) in [5, 5.41) is 1.13. The molecule has 3 aromatic rings. The lowest BCUT2D eigenvalue weighted by atomic mass is 10.0. The molecule has 0 aliphatic carbocycles. The van der Waals surface area contributed by atoms with Crippen LogP contribution in [0.3, 0.4) is 0 Å². The Morgan fingerprint density at radius 1 is 1.00 bits per heavy atom. The molecule has 0 aliphatic rings. The molecule has 0 bridgehead atoms. The molecule has 2 heterocycles. The van der Waals surface area contributed by atoms with E-state index in [4.69, 9.17) is 9.15 Å². The number of hydrogen-bond donors (Lipinski definition) is 0. The highest BCUT2D eigenvalue weighted by Crippen LogP contribution is 2.25. The predicted octanol–water partition coefficient (Wildman–Crippen LogP) is 7.20. The van der Waals surface area contributed by atoms with Gasteiger partial charge in [-0.1, -0.05) is 63.4 Å². The maximum atomic E-state index is 12.7. The highest BCUT2D eigenvalue weighted by atomic mass is 32.2. The van der Waals surface area contributed by atoms with Crippen molar-refractivity contribution in [3.8, 4) is 16.9 Å². The number of nitrogens with zero attached hydrogens (tertiary/aromatic N) is 1. The standard InChI is InChI=1S/C28H35NO4S/c1-3-5-11-22-19-29-20-23-18-25(28(31)33-27(22)23)21-12-14-24(15-13-21)32-16-9-7-6-8-10-17-34-26(30)4-2/h12-15,18-20H,3-11,16-17H2,1-2H3. The molecule has 0 N–H and O–H groups in total. The molecule has 1 aromatic carbocycles. The van der Waals surface area contributed by atoms with E-state index in [2.05, 4.69) is 11.9 Å². The van der Waals surface area contributed by atoms with Crippen molar-refractivity contribution >= 4 is 27.8 Å². The minimum Gasteiger partial charge on any atom is -0.494 e. The van der Waals surface area contributed by atoms with Crippen LogP contribution in [-0.2, 0) is 11.2 Å². The van der Waals surface area contributed by atoms with Gasteiger partial charge in [0.1, 0.15) is 11.3 Å². The van der Waals surface area contributed by atoms with Gasteiger partial charge in [-0.15, -0.1) is 0 Å². The number of ether oxygens (including phenoxy) is 1. The van der Waals surface area contributed by atoms with E-state index in [0.29, 0.717) is 24.2 Å². The smallest absolute Gasteiger partial charge is 0.344 e. The molecule has 3 rings (SSSR count). The summed E-state index contributed by atoms with van der Waals surface area (Å²) in [4.78, 5) is 28.3. The fourth-order valence-electron chi connectivity index (χ4n) is 3.79. The SMILES string of the molecule is CCCCc1cncc2cc(-c3ccc(OCCCCCCCSC(=O)CC)cc3)c(=O)oc12. The zero-order valence-corrected chi connectivity index (χ0v) is 21.1. The Hall–Kier alpha value is -2.60. The number of aromatic nitrogens is 1. The first-order valence-corrected chi connectivity index (χ1v) is 13.4. The van der Waals surface area contributed by atoms with Crippen LogP contribution in [0.5, 0.6) is 5.75 Å². The van der Waals surface area contributed by atoms with Gasteiger partial charge in [0, 0.05) is 35.5 Å². The van der Waals surface area contributed by atoms with Crippen LogP contribution in [0.25, 0.3) is 22.1 Å². The van der Waals surface area contributed by atoms with E-state index in [9.17, 15) is 9.59 Å². The van der Waals surface area contributed by atoms with Gasteiger partial charge in [0.15, 0.2) is 5.12 Å². The van der Waals surface area contributed by atoms with Crippen molar-refractivity contribution in [1.29, 1.82) is 0 Å². The van der Waals surface area contributed by atoms with E-state index in [0.717, 1.165) is 79.4 Å². The summed E-state index contributed by atoms with van der Waals surface area (Å²) in [6.07, 6.45) is 12.7. The van der Waals surface area contributed by atoms with E-state index in [1.807, 2.05) is 37.3 Å². The van der Waals surface area contributed by atoms with Crippen molar-refractivity contribution < 1.29 is 13.9 Å². The molecule has 0 saturated heterocycles. The zero-order chi connectivity index (χ0) is 24.2. The van der Waals surface area contributed by atoms with Crippen molar-refractivity contribution in [2.75, 3.05) is 12.4 Å². The quantitative estimate of drug-likeness (QED) is 0.227. The summed E-state index contributed by atoms with van der Waals surface area (Å²) in [5.74, 6) is 1.73. The molecule has 6 heteroatoms. The predicted molar refractivity (Wildman–Crippen MR) is 141 cm³/mol. The monoisotopic (exact) mass is 481 g/mol. The number of benzene rings is 1. The highest BCUT2D eigenvalue weighted by molar-refractivity contribution is 8.13. The average Bonchev–Trinajstić information content (AvgIpc) is 2.86. The molecular weight excluding hydrogens is 446 g/mol. The largest absolute Gasteiger partial charge is 0.494 e. The normalized spacial score (nSPS) is 11.1. The fourth-order valence-corrected chi connectivity index (χ4v) is 4.57. The van der Waals surface area contributed by atoms with E-state index >= 15 is 0 Å². The number of aryl methyl sites for hydroxylation is 1. The maximum absolute atomic E-state index is 12.7. The molecule has 34 heavy (non-hydrogen) atoms. The number of carbonyl (C=O) groups is 1. The molecule has 5 nitrogen and oxygen atoms in total. The summed E-state index contributed by atoms with van der Waals surface area (Å²) < 4.78 is 11.6. The molecule has 0 radical (unpaired) electrons. The van der Waals surface area contributed by atoms with Crippen molar-refractivity contribution in [3.05, 3.63) is 58.7 Å². The molecule has 0 aliphatic heterocycles. The number of thioether (sulfide) groups is 1. The molecular formula is C28H35NO4S. The Balaban J connectivity index is 1.48. The number of fused-ring (bicyclic) bond motifs is 1. The van der Waals surface area contributed by atoms with Gasteiger partial charge in [0.05, 0.1) is 12.2 Å². The summed E-state index contributed by atoms with van der Waals surface area (Å²) in [5.41, 5.74) is 2.64. The highest BCUT2D eigenvalue weighted by Gasteiger charge is 2.11. The van der Waals surface area contributed by atoms with Gasteiger partial charge < -0.3 is 9.15 Å². The van der Waals surface area contributed by atoms with Gasteiger partial charge in [-0.05, 0) is 49.4 Å². The van der Waals surface area contributed by atoms with Gasteiger partial charge in [0.2, 0.25) is 0 Å². The minimum atomic E-state index is -0.331. The lowest BCUT2D eigenvalue weighted by molar-refractivity contribution is -0.110. The Labute approximate surface area is 206 Å². The Kier molecular flexibility index (Phi) is 10.7. The molecule has 0 amide bonds. The third kappa shape index (κ3) is 7.73. The van der Waals surface area contributed by atoms with Crippen LogP contribution in [0.1, 0.15) is 70.8 Å². The number of carbonyl (C=O) groups excluding carboxylic acids is 1. The minimum absolute atomic E-state index is 0.287. The number of hydrogen-bond acceptors (Lipinski definition) is 6. The summed E-state index contributed by atoms with van der Waals surface area (Å²) in [6, 6.07) is 9.47. The molecule has 0 saturated carbocycles. The summed E-state index contributed by atoms with van der Waals surface area (Å²) in [6.45, 7) is 4.72. The number of rotatable bonds is 14. The van der Waals surface area contributed by atoms with Gasteiger partial charge in [-0.25, -0.2) is 4.79 Å². The van der Waals surface area contributed by atoms with E-state index in [1.54, 1.807) is 12.4 Å². The molecule has 0 unspecified atom stereocenters. The second-order valence-corrected chi connectivity index (χ2v) is 9.63. The van der Waals surface area contributed by atoms with Crippen molar-refractivity contribution in [2.24, 2.45) is 0 Å². The molecule has 2 aromatic heterocycles. The van der Waals surface area contributed by atoms with Crippen LogP contribution >= 0.6 is 11.8 Å². The van der Waals surface area contributed by atoms with Gasteiger partial charge in [-0.2, -0.15) is 0 Å². The number of pyridine rings is 1. The van der Waals surface area contributed by atoms with E-state index in [1.165, 1.54) is 11.8 Å². The van der Waals surface area contributed by atoms with Crippen molar-refractivity contribution in [2.45, 2.75) is 71.6 Å². The average molecular weight is 482 g/mol. The maximum Gasteiger partial charge on any atom is 0.344 e. The van der Waals surface area contributed by atoms with E-state index < -0.39 is 0 Å². The second kappa shape index (κ2) is 14.0. The van der Waals surface area contributed by atoms with Gasteiger partial charge in [0.25, 0.3) is 0 Å². The van der Waals surface area contributed by atoms with Crippen LogP contribution in [0.4, 0.5) is 0 Å². The second-order valence-electron chi connectivity index (χ2n) is 8.48. The first kappa shape index (κ1) is 26.0. The number of unbranched alkanes of at least 4 members (excludes halogenated alkanes) is 5. The van der Waals surface area contributed by atoms with Crippen LogP contribution in [0.2, 0.25) is 0 Å². The first-order valence-electron chi connectivity index (χ1n) is 12.4. The Bertz CT molecular complexity index is 1110. The summed E-state index contributed by atoms with van der Waals surface area (Å²) >= 11 is 1.45. The van der Waals surface area contributed by atoms with E-state index in [-0.39, 0.29) is 10.7 Å². The lowest BCUT2D eigenvalue weighted by Gasteiger charge is -2.08. The molecule has 182 valence electrons. The fraction of sp³-hybridized carbons (Fsp3) is 0.464. The van der Waals surface area contributed by atoms with Crippen LogP contribution in [0.15, 0.2) is 51.9 Å². The molecule has 0 fully saturated rings. The summed E-state index contributed by atoms with van der Waals surface area (Å²) in [7, 11) is 0. The van der Waals surface area contributed by atoms with Crippen LogP contribution in [-0.4, -0.2) is 22.5 Å². The lowest BCUT2D eigenvalue weighted by Crippen LogP contribution is -2.04. The molecule has 0 atom stereocenters. The van der Waals surface area contributed by atoms with Crippen molar-refractivity contribution in [3.63, 3.8) is 0 Å². The van der Waals surface area contributed by atoms with Crippen molar-refractivity contribution in [1.82, 2.24) is 4.98 Å². The zero-order valence-electron chi connectivity index (χ0n) is 20.3. The Morgan fingerprint density at radius 2 is 1.76 bits per heavy atom.